The molecule has 1 amide bonds. The van der Waals surface area contributed by atoms with Crippen LogP contribution in [0.15, 0.2) is 30.3 Å². The van der Waals surface area contributed by atoms with Crippen molar-refractivity contribution in [2.75, 3.05) is 26.2 Å². The van der Waals surface area contributed by atoms with Crippen molar-refractivity contribution < 1.29 is 18.0 Å². The van der Waals surface area contributed by atoms with Gasteiger partial charge in [0.25, 0.3) is 0 Å². The number of piperidine rings is 1. The SMILES string of the molecule is CC(C(=O)NCCC1CCN(CC(F)(F)F)CC1)C(N)c1ccccc1. The van der Waals surface area contributed by atoms with Gasteiger partial charge in [-0.3, -0.25) is 9.69 Å². The van der Waals surface area contributed by atoms with Gasteiger partial charge in [-0.15, -0.1) is 0 Å². The summed E-state index contributed by atoms with van der Waals surface area (Å²) in [6.07, 6.45) is -1.86. The molecule has 1 aliphatic rings. The summed E-state index contributed by atoms with van der Waals surface area (Å²) in [6.45, 7) is 2.45. The van der Waals surface area contributed by atoms with Gasteiger partial charge in [-0.2, -0.15) is 13.2 Å². The lowest BCUT2D eigenvalue weighted by Gasteiger charge is -2.32. The molecule has 146 valence electrons. The lowest BCUT2D eigenvalue weighted by Crippen LogP contribution is -2.41. The van der Waals surface area contributed by atoms with E-state index in [1.165, 1.54) is 4.90 Å². The second kappa shape index (κ2) is 9.37. The minimum Gasteiger partial charge on any atom is -0.356 e. The number of alkyl halides is 3. The fourth-order valence-electron chi connectivity index (χ4n) is 3.37. The number of nitrogens with one attached hydrogen (secondary N) is 1. The molecule has 0 spiro atoms. The largest absolute Gasteiger partial charge is 0.401 e. The van der Waals surface area contributed by atoms with Gasteiger partial charge < -0.3 is 11.1 Å². The first kappa shape index (κ1) is 20.7. The highest BCUT2D eigenvalue weighted by Gasteiger charge is 2.32. The highest BCUT2D eigenvalue weighted by atomic mass is 19.4. The standard InChI is InChI=1S/C19H28F3N3O/c1-14(17(23)16-5-3-2-4-6-16)18(26)24-10-7-15-8-11-25(12-9-15)13-19(20,21)22/h2-6,14-15,17H,7-13,23H2,1H3,(H,24,26). The fourth-order valence-corrected chi connectivity index (χ4v) is 3.37. The first-order valence-electron chi connectivity index (χ1n) is 9.13. The van der Waals surface area contributed by atoms with Gasteiger partial charge in [0.1, 0.15) is 0 Å². The zero-order chi connectivity index (χ0) is 19.2. The summed E-state index contributed by atoms with van der Waals surface area (Å²) in [5.41, 5.74) is 7.08. The Hall–Kier alpha value is -1.60. The van der Waals surface area contributed by atoms with Crippen LogP contribution in [-0.2, 0) is 4.79 Å². The molecule has 0 bridgehead atoms. The van der Waals surface area contributed by atoms with Gasteiger partial charge in [-0.25, -0.2) is 0 Å². The van der Waals surface area contributed by atoms with Crippen LogP contribution in [0.25, 0.3) is 0 Å². The molecule has 1 aromatic rings. The van der Waals surface area contributed by atoms with Crippen molar-refractivity contribution in [2.24, 2.45) is 17.6 Å². The van der Waals surface area contributed by atoms with Crippen LogP contribution in [-0.4, -0.2) is 43.2 Å². The maximum absolute atomic E-state index is 12.4. The molecule has 2 atom stereocenters. The van der Waals surface area contributed by atoms with Crippen LogP contribution in [0.2, 0.25) is 0 Å². The molecule has 2 unspecified atom stereocenters. The molecule has 3 N–H and O–H groups in total. The summed E-state index contributed by atoms with van der Waals surface area (Å²) in [7, 11) is 0. The van der Waals surface area contributed by atoms with Crippen molar-refractivity contribution in [3.05, 3.63) is 35.9 Å². The van der Waals surface area contributed by atoms with Gasteiger partial charge in [-0.05, 0) is 43.8 Å². The van der Waals surface area contributed by atoms with Gasteiger partial charge in [-0.1, -0.05) is 37.3 Å². The summed E-state index contributed by atoms with van der Waals surface area (Å²) in [5.74, 6) is -0.0696. The quantitative estimate of drug-likeness (QED) is 0.774. The number of carbonyl (C=O) groups excluding carboxylic acids is 1. The molecule has 1 saturated heterocycles. The third kappa shape index (κ3) is 6.61. The first-order chi connectivity index (χ1) is 12.3. The van der Waals surface area contributed by atoms with Crippen molar-refractivity contribution in [1.82, 2.24) is 10.2 Å². The Bertz CT molecular complexity index is 557. The molecule has 0 aromatic heterocycles. The monoisotopic (exact) mass is 371 g/mol. The second-order valence-electron chi connectivity index (χ2n) is 7.14. The molecule has 1 heterocycles. The summed E-state index contributed by atoms with van der Waals surface area (Å²) >= 11 is 0. The number of amides is 1. The van der Waals surface area contributed by atoms with Gasteiger partial charge in [0.2, 0.25) is 5.91 Å². The number of rotatable bonds is 7. The minimum atomic E-state index is -4.13. The Labute approximate surface area is 152 Å². The van der Waals surface area contributed by atoms with Crippen LogP contribution in [0, 0.1) is 11.8 Å². The van der Waals surface area contributed by atoms with E-state index in [1.54, 1.807) is 0 Å². The molecule has 0 aliphatic carbocycles. The van der Waals surface area contributed by atoms with Crippen molar-refractivity contribution in [2.45, 2.75) is 38.4 Å². The number of nitrogens with two attached hydrogens (primary N) is 1. The summed E-state index contributed by atoms with van der Waals surface area (Å²) < 4.78 is 37.2. The number of halogens is 3. The predicted molar refractivity (Wildman–Crippen MR) is 95.4 cm³/mol. The number of nitrogens with zero attached hydrogens (tertiary/aromatic N) is 1. The zero-order valence-electron chi connectivity index (χ0n) is 15.1. The molecule has 1 aromatic carbocycles. The van der Waals surface area contributed by atoms with Crippen molar-refractivity contribution in [1.29, 1.82) is 0 Å². The first-order valence-corrected chi connectivity index (χ1v) is 9.13. The van der Waals surface area contributed by atoms with Crippen LogP contribution in [0.4, 0.5) is 13.2 Å². The molecule has 1 aliphatic heterocycles. The third-order valence-corrected chi connectivity index (χ3v) is 5.10. The van der Waals surface area contributed by atoms with E-state index < -0.39 is 12.7 Å². The average Bonchev–Trinajstić information content (AvgIpc) is 2.61. The van der Waals surface area contributed by atoms with E-state index in [1.807, 2.05) is 37.3 Å². The van der Waals surface area contributed by atoms with Crippen LogP contribution in [0.3, 0.4) is 0 Å². The number of carbonyl (C=O) groups is 1. The van der Waals surface area contributed by atoms with Crippen LogP contribution >= 0.6 is 0 Å². The Morgan fingerprint density at radius 1 is 1.27 bits per heavy atom. The minimum absolute atomic E-state index is 0.0872. The zero-order valence-corrected chi connectivity index (χ0v) is 15.1. The van der Waals surface area contributed by atoms with Crippen LogP contribution < -0.4 is 11.1 Å². The molecule has 4 nitrogen and oxygen atoms in total. The second-order valence-corrected chi connectivity index (χ2v) is 7.14. The van der Waals surface area contributed by atoms with E-state index in [0.29, 0.717) is 25.6 Å². The number of benzene rings is 1. The van der Waals surface area contributed by atoms with E-state index in [-0.39, 0.29) is 17.9 Å². The number of hydrogen-bond acceptors (Lipinski definition) is 3. The van der Waals surface area contributed by atoms with Crippen LogP contribution in [0.5, 0.6) is 0 Å². The van der Waals surface area contributed by atoms with E-state index in [4.69, 9.17) is 5.73 Å². The molecule has 0 saturated carbocycles. The molecule has 26 heavy (non-hydrogen) atoms. The molecular formula is C19H28F3N3O. The third-order valence-electron chi connectivity index (χ3n) is 5.10. The summed E-state index contributed by atoms with van der Waals surface area (Å²) in [4.78, 5) is 13.7. The molecule has 2 rings (SSSR count). The lowest BCUT2D eigenvalue weighted by molar-refractivity contribution is -0.148. The normalized spacial score (nSPS) is 19.1. The lowest BCUT2D eigenvalue weighted by atomic mass is 9.92. The Kier molecular flexibility index (Phi) is 7.46. The van der Waals surface area contributed by atoms with E-state index >= 15 is 0 Å². The highest BCUT2D eigenvalue weighted by molar-refractivity contribution is 5.79. The number of likely N-dealkylation sites (tertiary alicyclic amines) is 1. The predicted octanol–water partition coefficient (Wildman–Crippen LogP) is 3.10. The van der Waals surface area contributed by atoms with E-state index in [9.17, 15) is 18.0 Å². The van der Waals surface area contributed by atoms with Gasteiger partial charge in [0.05, 0.1) is 12.5 Å². The van der Waals surface area contributed by atoms with E-state index in [0.717, 1.165) is 24.8 Å². The van der Waals surface area contributed by atoms with Gasteiger partial charge in [0.15, 0.2) is 0 Å². The smallest absolute Gasteiger partial charge is 0.356 e. The van der Waals surface area contributed by atoms with E-state index in [2.05, 4.69) is 5.32 Å². The average molecular weight is 371 g/mol. The summed E-state index contributed by atoms with van der Waals surface area (Å²) in [5, 5.41) is 2.92. The van der Waals surface area contributed by atoms with Crippen molar-refractivity contribution in [3.63, 3.8) is 0 Å². The highest BCUT2D eigenvalue weighted by Crippen LogP contribution is 2.24. The Balaban J connectivity index is 1.67. The Morgan fingerprint density at radius 2 is 1.88 bits per heavy atom. The Morgan fingerprint density at radius 3 is 2.46 bits per heavy atom. The fraction of sp³-hybridized carbons (Fsp3) is 0.632. The van der Waals surface area contributed by atoms with Crippen LogP contribution in [0.1, 0.15) is 37.8 Å². The maximum atomic E-state index is 12.4. The number of hydrogen-bond donors (Lipinski definition) is 2. The van der Waals surface area contributed by atoms with Gasteiger partial charge in [0, 0.05) is 12.6 Å². The topological polar surface area (TPSA) is 58.4 Å². The molecule has 1 fully saturated rings. The van der Waals surface area contributed by atoms with Gasteiger partial charge >= 0.3 is 6.18 Å². The molecule has 7 heteroatoms. The van der Waals surface area contributed by atoms with Crippen molar-refractivity contribution >= 4 is 5.91 Å². The molecule has 0 radical (unpaired) electrons. The summed E-state index contributed by atoms with van der Waals surface area (Å²) in [6, 6.07) is 9.14. The van der Waals surface area contributed by atoms with Crippen molar-refractivity contribution in [3.8, 4) is 0 Å². The maximum Gasteiger partial charge on any atom is 0.401 e. The molecular weight excluding hydrogens is 343 g/mol.